The molecule has 1 amide bonds. The fraction of sp³-hybridized carbons (Fsp3) is 0.800. The maximum Gasteiger partial charge on any atom is 1.00 e. The van der Waals surface area contributed by atoms with E-state index in [-0.39, 0.29) is 115 Å². The van der Waals surface area contributed by atoms with Crippen molar-refractivity contribution >= 4 is 13.2 Å². The molecule has 0 fully saturated rings. The van der Waals surface area contributed by atoms with Gasteiger partial charge in [-0.1, -0.05) is 13.8 Å². The van der Waals surface area contributed by atoms with Crippen molar-refractivity contribution in [2.75, 3.05) is 6.54 Å². The van der Waals surface area contributed by atoms with Crippen LogP contribution in [-0.2, 0) is 4.57 Å². The van der Waals surface area contributed by atoms with Gasteiger partial charge < -0.3 is 19.7 Å². The van der Waals surface area contributed by atoms with Crippen molar-refractivity contribution in [1.29, 1.82) is 0 Å². The van der Waals surface area contributed by atoms with E-state index in [0.717, 1.165) is 0 Å². The van der Waals surface area contributed by atoms with Gasteiger partial charge in [-0.3, -0.25) is 4.79 Å². The summed E-state index contributed by atoms with van der Waals surface area (Å²) in [7, 11) is -5.06. The van der Waals surface area contributed by atoms with E-state index in [1.54, 1.807) is 13.8 Å². The van der Waals surface area contributed by atoms with Gasteiger partial charge in [0.25, 0.3) is 0 Å². The number of amides is 1. The van der Waals surface area contributed by atoms with E-state index in [0.29, 0.717) is 0 Å². The summed E-state index contributed by atoms with van der Waals surface area (Å²) in [6.07, 6.45) is 0. The number of carbonyl (C=O) groups is 1. The molecule has 0 rings (SSSR count). The van der Waals surface area contributed by atoms with Crippen LogP contribution in [-0.4, -0.2) is 12.2 Å². The zero-order valence-corrected chi connectivity index (χ0v) is 15.5. The van der Waals surface area contributed by atoms with Gasteiger partial charge in [0.15, 0.2) is 0 Å². The van der Waals surface area contributed by atoms with Crippen molar-refractivity contribution in [2.24, 2.45) is 5.92 Å². The second-order valence-electron chi connectivity index (χ2n) is 2.58. The number of hydrogen-bond acceptors (Lipinski definition) is 4. The third-order valence-corrected chi connectivity index (χ3v) is 1.57. The fourth-order valence-corrected chi connectivity index (χ4v) is 0.673. The van der Waals surface area contributed by atoms with Gasteiger partial charge in [0.1, 0.15) is 0 Å². The van der Waals surface area contributed by atoms with Crippen LogP contribution in [0.5, 0.6) is 0 Å². The summed E-state index contributed by atoms with van der Waals surface area (Å²) in [5.74, 6) is 0.130. The van der Waals surface area contributed by atoms with Crippen molar-refractivity contribution in [1.82, 2.24) is 5.32 Å². The molecule has 5 nitrogen and oxygen atoms in total. The molecule has 0 aromatic rings. The Labute approximate surface area is 163 Å². The van der Waals surface area contributed by atoms with Crippen molar-refractivity contribution in [3.63, 3.8) is 0 Å². The predicted molar refractivity (Wildman–Crippen MR) is 35.8 cm³/mol. The van der Waals surface area contributed by atoms with E-state index in [1.165, 1.54) is 0 Å². The number of carbonyl (C=O) groups excluding carboxylic acids is 1. The Balaban J connectivity index is -0.000000500. The van der Waals surface area contributed by atoms with Crippen LogP contribution in [0.25, 0.3) is 0 Å². The molecule has 0 aromatic heterocycles. The summed E-state index contributed by atoms with van der Waals surface area (Å²) in [5, 5.41) is 1.99. The average molecular weight is 257 g/mol. The van der Waals surface area contributed by atoms with Crippen LogP contribution in [0.3, 0.4) is 0 Å². The van der Waals surface area contributed by atoms with Gasteiger partial charge in [-0.2, -0.15) is 0 Å². The normalized spacial score (nSPS) is 9.92. The monoisotopic (exact) mass is 257 g/mol. The Morgan fingerprint density at radius 3 is 2.00 bits per heavy atom. The molecule has 0 radical (unpaired) electrons. The van der Waals surface area contributed by atoms with Crippen LogP contribution in [0.2, 0.25) is 0 Å². The van der Waals surface area contributed by atoms with E-state index < -0.39 is 13.2 Å². The second-order valence-corrected chi connectivity index (χ2v) is 3.98. The number of nitrogens with one attached hydrogen (secondary N) is 1. The molecule has 1 N–H and O–H groups in total. The van der Waals surface area contributed by atoms with Crippen LogP contribution in [0.4, 0.5) is 4.79 Å². The third-order valence-electron chi connectivity index (χ3n) is 0.910. The molecule has 0 aliphatic carbocycles. The van der Waals surface area contributed by atoms with Crippen molar-refractivity contribution in [2.45, 2.75) is 13.8 Å². The minimum absolute atomic E-state index is 0. The molecule has 66 valence electrons. The summed E-state index contributed by atoms with van der Waals surface area (Å²) in [4.78, 5) is 30.4. The molecule has 0 saturated carbocycles. The first-order chi connectivity index (χ1) is 4.84. The third kappa shape index (κ3) is 12.8. The minimum atomic E-state index is -5.06. The van der Waals surface area contributed by atoms with E-state index in [4.69, 9.17) is 0 Å². The largest absolute Gasteiger partial charge is 1.00 e. The molecule has 0 aliphatic rings. The fourth-order valence-electron chi connectivity index (χ4n) is 0.388. The van der Waals surface area contributed by atoms with Gasteiger partial charge in [-0.15, -0.1) is 0 Å². The number of hydrogen-bond donors (Lipinski definition) is 1. The smallest absolute Gasteiger partial charge is 0.804 e. The van der Waals surface area contributed by atoms with Crippen LogP contribution >= 0.6 is 7.60 Å². The van der Waals surface area contributed by atoms with Gasteiger partial charge >= 0.3 is 103 Å². The molecule has 0 aliphatic heterocycles. The second kappa shape index (κ2) is 10.1. The molecule has 0 aromatic carbocycles. The molecular weight excluding hydrogens is 247 g/mol. The Bertz CT molecular complexity index is 193. The molecule has 0 spiro atoms. The van der Waals surface area contributed by atoms with E-state index in [2.05, 4.69) is 0 Å². The summed E-state index contributed by atoms with van der Waals surface area (Å²) < 4.78 is 10.0. The first-order valence-corrected chi connectivity index (χ1v) is 4.68. The maximum absolute atomic E-state index is 10.4. The van der Waals surface area contributed by atoms with Crippen molar-refractivity contribution < 1.29 is 122 Å². The van der Waals surface area contributed by atoms with E-state index >= 15 is 0 Å². The Morgan fingerprint density at radius 1 is 1.38 bits per heavy atom. The van der Waals surface area contributed by atoms with Crippen LogP contribution in [0.1, 0.15) is 13.8 Å². The average Bonchev–Trinajstić information content (AvgIpc) is 1.80. The SMILES string of the molecule is CC(C)CNC(=O)P(=O)([O-])[O-].[K+].[K+]. The topological polar surface area (TPSA) is 92.3 Å². The molecule has 0 unspecified atom stereocenters. The van der Waals surface area contributed by atoms with Crippen LogP contribution in [0, 0.1) is 5.92 Å². The van der Waals surface area contributed by atoms with Gasteiger partial charge in [0, 0.05) is 14.1 Å². The van der Waals surface area contributed by atoms with Crippen LogP contribution < -0.4 is 118 Å². The Hall–Kier alpha value is 2.89. The molecule has 0 heterocycles. The first-order valence-electron chi connectivity index (χ1n) is 3.14. The number of rotatable bonds is 3. The van der Waals surface area contributed by atoms with Gasteiger partial charge in [-0.05, 0) is 5.92 Å². The summed E-state index contributed by atoms with van der Waals surface area (Å²) in [6.45, 7) is 3.79. The van der Waals surface area contributed by atoms with E-state index in [9.17, 15) is 19.1 Å². The van der Waals surface area contributed by atoms with Gasteiger partial charge in [-0.25, -0.2) is 0 Å². The Morgan fingerprint density at radius 2 is 1.77 bits per heavy atom. The zero-order valence-electron chi connectivity index (χ0n) is 8.36. The molecule has 8 heteroatoms. The van der Waals surface area contributed by atoms with Gasteiger partial charge in [0.2, 0.25) is 5.65 Å². The molecule has 13 heavy (non-hydrogen) atoms. The van der Waals surface area contributed by atoms with Crippen LogP contribution in [0.15, 0.2) is 0 Å². The molecule has 0 atom stereocenters. The van der Waals surface area contributed by atoms with Crippen molar-refractivity contribution in [3.8, 4) is 0 Å². The standard InChI is InChI=1S/C5H12NO4P.2K/c1-4(2)3-6-5(7)11(8,9)10;;/h4H,3H2,1-2H3,(H,6,7)(H2,8,9,10);;/q;2*+1/p-2. The first kappa shape index (κ1) is 21.2. The summed E-state index contributed by atoms with van der Waals surface area (Å²) >= 11 is 0. The molecule has 0 saturated heterocycles. The molecule has 0 bridgehead atoms. The zero-order chi connectivity index (χ0) is 9.07. The summed E-state index contributed by atoms with van der Waals surface area (Å²) in [6, 6.07) is 0. The molecular formula is C5H10K2NO4P. The Kier molecular flexibility index (Phi) is 16.4. The minimum Gasteiger partial charge on any atom is -0.804 e. The predicted octanol–water partition coefficient (Wildman–Crippen LogP) is -6.73. The van der Waals surface area contributed by atoms with Crippen molar-refractivity contribution in [3.05, 3.63) is 0 Å². The van der Waals surface area contributed by atoms with E-state index in [1.807, 2.05) is 5.32 Å². The maximum atomic E-state index is 10.4. The quantitative estimate of drug-likeness (QED) is 0.402. The summed E-state index contributed by atoms with van der Waals surface area (Å²) in [5.41, 5.74) is -1.42. The van der Waals surface area contributed by atoms with Gasteiger partial charge in [0.05, 0.1) is 0 Å².